The Morgan fingerprint density at radius 1 is 0.230 bits per heavy atom. The van der Waals surface area contributed by atoms with Crippen molar-refractivity contribution in [2.45, 2.75) is 0 Å². The van der Waals surface area contributed by atoms with Gasteiger partial charge in [0.05, 0.1) is 0 Å². The van der Waals surface area contributed by atoms with E-state index in [1.165, 1.54) is 21.9 Å². The van der Waals surface area contributed by atoms with Crippen LogP contribution in [0.1, 0.15) is 0 Å². The van der Waals surface area contributed by atoms with Gasteiger partial charge in [-0.2, -0.15) is 0 Å². The van der Waals surface area contributed by atoms with E-state index in [1.807, 2.05) is 24.3 Å². The maximum absolute atomic E-state index is 6.36. The van der Waals surface area contributed by atoms with Crippen LogP contribution in [-0.2, 0) is 0 Å². The Kier molecular flexibility index (Phi) is 8.17. The Labute approximate surface area is 353 Å². The lowest BCUT2D eigenvalue weighted by Crippen LogP contribution is -2.09. The zero-order valence-corrected chi connectivity index (χ0v) is 33.1. The molecule has 0 aliphatic carbocycles. The molecule has 286 valence electrons. The maximum atomic E-state index is 6.36. The van der Waals surface area contributed by atoms with E-state index in [9.17, 15) is 0 Å². The highest BCUT2D eigenvalue weighted by molar-refractivity contribution is 6.07. The first-order valence-electron chi connectivity index (χ1n) is 20.7. The van der Waals surface area contributed by atoms with Gasteiger partial charge in [-0.3, -0.25) is 0 Å². The van der Waals surface area contributed by atoms with Crippen molar-refractivity contribution in [1.29, 1.82) is 0 Å². The molecule has 12 rings (SSSR count). The van der Waals surface area contributed by atoms with Gasteiger partial charge in [0.1, 0.15) is 22.3 Å². The van der Waals surface area contributed by atoms with Crippen LogP contribution in [0.5, 0.6) is 0 Å². The Balaban J connectivity index is 0.973. The molecule has 2 aromatic heterocycles. The van der Waals surface area contributed by atoms with Crippen molar-refractivity contribution in [2.75, 3.05) is 4.90 Å². The molecule has 0 saturated heterocycles. The van der Waals surface area contributed by atoms with Crippen molar-refractivity contribution in [3.8, 4) is 44.5 Å². The molecule has 12 aromatic rings. The number of furan rings is 2. The van der Waals surface area contributed by atoms with E-state index in [2.05, 4.69) is 205 Å². The van der Waals surface area contributed by atoms with E-state index in [4.69, 9.17) is 8.83 Å². The van der Waals surface area contributed by atoms with Crippen molar-refractivity contribution < 1.29 is 8.83 Å². The van der Waals surface area contributed by atoms with Gasteiger partial charge in [-0.1, -0.05) is 127 Å². The fourth-order valence-corrected chi connectivity index (χ4v) is 8.97. The van der Waals surface area contributed by atoms with E-state index in [1.54, 1.807) is 0 Å². The molecule has 0 spiro atoms. The van der Waals surface area contributed by atoms with Gasteiger partial charge in [0, 0.05) is 38.6 Å². The summed E-state index contributed by atoms with van der Waals surface area (Å²) in [6.07, 6.45) is 0. The molecule has 10 aromatic carbocycles. The van der Waals surface area contributed by atoms with Crippen LogP contribution in [0.2, 0.25) is 0 Å². The number of anilines is 3. The molecule has 0 N–H and O–H groups in total. The van der Waals surface area contributed by atoms with Gasteiger partial charge in [0.2, 0.25) is 0 Å². The van der Waals surface area contributed by atoms with Crippen LogP contribution in [0.4, 0.5) is 17.1 Å². The molecule has 3 heteroatoms. The van der Waals surface area contributed by atoms with Crippen molar-refractivity contribution in [3.63, 3.8) is 0 Å². The Morgan fingerprint density at radius 3 is 1.31 bits per heavy atom. The van der Waals surface area contributed by atoms with Gasteiger partial charge in [-0.15, -0.1) is 0 Å². The molecule has 0 fully saturated rings. The van der Waals surface area contributed by atoms with Gasteiger partial charge >= 0.3 is 0 Å². The average Bonchev–Trinajstić information content (AvgIpc) is 3.90. The highest BCUT2D eigenvalue weighted by Gasteiger charge is 2.16. The second kappa shape index (κ2) is 14.3. The first-order valence-corrected chi connectivity index (χ1v) is 20.7. The summed E-state index contributed by atoms with van der Waals surface area (Å²) in [6, 6.07) is 80.1. The third-order valence-electron chi connectivity index (χ3n) is 12.0. The normalized spacial score (nSPS) is 11.6. The summed E-state index contributed by atoms with van der Waals surface area (Å²) in [7, 11) is 0. The van der Waals surface area contributed by atoms with Crippen LogP contribution in [0.25, 0.3) is 99.2 Å². The van der Waals surface area contributed by atoms with E-state index in [0.29, 0.717) is 0 Å². The van der Waals surface area contributed by atoms with E-state index >= 15 is 0 Å². The number of fused-ring (bicyclic) bond motifs is 7. The molecule has 3 nitrogen and oxygen atoms in total. The third-order valence-corrected chi connectivity index (χ3v) is 12.0. The second-order valence-corrected chi connectivity index (χ2v) is 15.8. The number of hydrogen-bond acceptors (Lipinski definition) is 3. The number of rotatable bonds is 7. The predicted molar refractivity (Wildman–Crippen MR) is 255 cm³/mol. The minimum Gasteiger partial charge on any atom is -0.456 e. The smallest absolute Gasteiger partial charge is 0.136 e. The summed E-state index contributed by atoms with van der Waals surface area (Å²) >= 11 is 0. The SMILES string of the molecule is c1ccc(-c2cccc(N(c3ccccc3)c3ccc4cc(-c5cc(-c6ccc7c(c6)oc6ccccc67)cc(-c6ccc7c(c6)oc6ccccc67)c5)ccc4c3)c2)cc1. The quantitative estimate of drug-likeness (QED) is 0.161. The molecular weight excluding hydrogens is 743 g/mol. The van der Waals surface area contributed by atoms with Crippen LogP contribution in [-0.4, -0.2) is 0 Å². The monoisotopic (exact) mass is 779 g/mol. The van der Waals surface area contributed by atoms with Crippen LogP contribution in [0.15, 0.2) is 233 Å². The van der Waals surface area contributed by atoms with Gasteiger partial charge in [0.15, 0.2) is 0 Å². The molecule has 0 aliphatic heterocycles. The summed E-state index contributed by atoms with van der Waals surface area (Å²) in [5.74, 6) is 0. The Bertz CT molecular complexity index is 3470. The number of benzene rings is 10. The molecule has 0 saturated carbocycles. The minimum absolute atomic E-state index is 0.882. The zero-order chi connectivity index (χ0) is 40.3. The molecule has 2 heterocycles. The highest BCUT2D eigenvalue weighted by Crippen LogP contribution is 2.41. The Hall–Kier alpha value is -8.14. The summed E-state index contributed by atoms with van der Waals surface area (Å²) in [6.45, 7) is 0. The van der Waals surface area contributed by atoms with Crippen LogP contribution in [0.3, 0.4) is 0 Å². The van der Waals surface area contributed by atoms with Crippen LogP contribution in [0, 0.1) is 0 Å². The lowest BCUT2D eigenvalue weighted by molar-refractivity contribution is 0.668. The first-order chi connectivity index (χ1) is 30.2. The highest BCUT2D eigenvalue weighted by atomic mass is 16.3. The Morgan fingerprint density at radius 2 is 0.672 bits per heavy atom. The van der Waals surface area contributed by atoms with Gasteiger partial charge < -0.3 is 13.7 Å². The molecular formula is C58H37NO2. The van der Waals surface area contributed by atoms with Crippen molar-refractivity contribution in [3.05, 3.63) is 224 Å². The fourth-order valence-electron chi connectivity index (χ4n) is 8.97. The number of hydrogen-bond donors (Lipinski definition) is 0. The van der Waals surface area contributed by atoms with Gasteiger partial charge in [0.25, 0.3) is 0 Å². The third kappa shape index (κ3) is 6.23. The molecule has 0 unspecified atom stereocenters. The van der Waals surface area contributed by atoms with E-state index < -0.39 is 0 Å². The van der Waals surface area contributed by atoms with E-state index in [0.717, 1.165) is 94.3 Å². The lowest BCUT2D eigenvalue weighted by Gasteiger charge is -2.26. The molecule has 0 bridgehead atoms. The summed E-state index contributed by atoms with van der Waals surface area (Å²) < 4.78 is 12.7. The summed E-state index contributed by atoms with van der Waals surface area (Å²) in [5, 5.41) is 6.84. The average molecular weight is 780 g/mol. The predicted octanol–water partition coefficient (Wildman–Crippen LogP) is 16.8. The molecule has 0 radical (unpaired) electrons. The summed E-state index contributed by atoms with van der Waals surface area (Å²) in [4.78, 5) is 2.34. The first kappa shape index (κ1) is 34.9. The van der Waals surface area contributed by atoms with Crippen molar-refractivity contribution in [1.82, 2.24) is 0 Å². The largest absolute Gasteiger partial charge is 0.456 e. The zero-order valence-electron chi connectivity index (χ0n) is 33.1. The minimum atomic E-state index is 0.882. The van der Waals surface area contributed by atoms with Crippen molar-refractivity contribution >= 4 is 71.7 Å². The molecule has 61 heavy (non-hydrogen) atoms. The van der Waals surface area contributed by atoms with Crippen molar-refractivity contribution in [2.24, 2.45) is 0 Å². The maximum Gasteiger partial charge on any atom is 0.136 e. The van der Waals surface area contributed by atoms with E-state index in [-0.39, 0.29) is 0 Å². The number of para-hydroxylation sites is 3. The molecule has 0 atom stereocenters. The van der Waals surface area contributed by atoms with Gasteiger partial charge in [-0.25, -0.2) is 0 Å². The lowest BCUT2D eigenvalue weighted by atomic mass is 9.92. The standard InChI is InChI=1S/C58H37NO2/c1-3-12-38(13-4-1)39-14-11-17-49(34-39)59(48-15-5-2-6-16-48)50-27-24-40-30-41(22-23-42(40)35-50)45-31-46(43-25-28-53-51-18-7-9-20-55(51)60-57(53)36-43)33-47(32-45)44-26-29-54-52-19-8-10-21-56(52)61-58(54)37-44/h1-37H. The molecule has 0 amide bonds. The number of nitrogens with zero attached hydrogens (tertiary/aromatic N) is 1. The summed E-state index contributed by atoms with van der Waals surface area (Å²) in [5.41, 5.74) is 16.0. The molecule has 0 aliphatic rings. The van der Waals surface area contributed by atoms with Crippen LogP contribution < -0.4 is 4.90 Å². The topological polar surface area (TPSA) is 29.5 Å². The fraction of sp³-hybridized carbons (Fsp3) is 0. The van der Waals surface area contributed by atoms with Crippen LogP contribution >= 0.6 is 0 Å². The second-order valence-electron chi connectivity index (χ2n) is 15.8. The van der Waals surface area contributed by atoms with Gasteiger partial charge in [-0.05, 0) is 152 Å².